The van der Waals surface area contributed by atoms with Crippen LogP contribution in [0.3, 0.4) is 0 Å². The third kappa shape index (κ3) is 9.15. The van der Waals surface area contributed by atoms with Gasteiger partial charge in [-0.3, -0.25) is 0 Å². The SMILES string of the molecule is O=C(NCc1ccccc1F)N1CCC(Nc2ccc(CCNC[C@H](O)COc3ccc(O)cc3)cc2)CC1. The second kappa shape index (κ2) is 14.4. The van der Waals surface area contributed by atoms with Gasteiger partial charge < -0.3 is 35.8 Å². The van der Waals surface area contributed by atoms with Crippen LogP contribution in [-0.2, 0) is 13.0 Å². The Bertz CT molecular complexity index is 1170. The largest absolute Gasteiger partial charge is 0.508 e. The summed E-state index contributed by atoms with van der Waals surface area (Å²) in [5.74, 6) is 0.471. The molecule has 208 valence electrons. The van der Waals surface area contributed by atoms with E-state index >= 15 is 0 Å². The first-order chi connectivity index (χ1) is 19.0. The number of rotatable bonds is 12. The highest BCUT2D eigenvalue weighted by Gasteiger charge is 2.22. The number of carbonyl (C=O) groups is 1. The molecule has 3 aromatic carbocycles. The number of piperidine rings is 1. The van der Waals surface area contributed by atoms with Crippen LogP contribution in [0.4, 0.5) is 14.9 Å². The van der Waals surface area contributed by atoms with E-state index in [2.05, 4.69) is 40.2 Å². The topological polar surface area (TPSA) is 106 Å². The second-order valence-electron chi connectivity index (χ2n) is 9.77. The van der Waals surface area contributed by atoms with Crippen molar-refractivity contribution < 1.29 is 24.1 Å². The summed E-state index contributed by atoms with van der Waals surface area (Å²) in [5, 5.41) is 29.0. The van der Waals surface area contributed by atoms with Crippen molar-refractivity contribution in [2.24, 2.45) is 0 Å². The number of halogens is 1. The number of aliphatic hydroxyl groups is 1. The molecule has 1 heterocycles. The van der Waals surface area contributed by atoms with Gasteiger partial charge in [0, 0.05) is 43.5 Å². The number of nitrogens with zero attached hydrogens (tertiary/aromatic N) is 1. The molecule has 0 spiro atoms. The molecule has 0 radical (unpaired) electrons. The van der Waals surface area contributed by atoms with Gasteiger partial charge in [0.1, 0.15) is 30.0 Å². The minimum absolute atomic E-state index is 0.160. The van der Waals surface area contributed by atoms with E-state index < -0.39 is 6.10 Å². The van der Waals surface area contributed by atoms with Gasteiger partial charge in [-0.2, -0.15) is 0 Å². The highest BCUT2D eigenvalue weighted by Crippen LogP contribution is 2.18. The van der Waals surface area contributed by atoms with Crippen LogP contribution in [-0.4, -0.2) is 66.1 Å². The summed E-state index contributed by atoms with van der Waals surface area (Å²) in [7, 11) is 0. The number of aliphatic hydroxyl groups excluding tert-OH is 1. The molecule has 1 aliphatic heterocycles. The molecule has 1 atom stereocenters. The van der Waals surface area contributed by atoms with E-state index in [9.17, 15) is 19.4 Å². The maximum Gasteiger partial charge on any atom is 0.317 e. The van der Waals surface area contributed by atoms with Gasteiger partial charge in [0.05, 0.1) is 0 Å². The van der Waals surface area contributed by atoms with E-state index in [0.717, 1.165) is 31.5 Å². The molecule has 0 aromatic heterocycles. The van der Waals surface area contributed by atoms with Crippen LogP contribution in [0.1, 0.15) is 24.0 Å². The Morgan fingerprint density at radius 2 is 1.74 bits per heavy atom. The molecule has 2 amide bonds. The van der Waals surface area contributed by atoms with Gasteiger partial charge in [-0.05, 0) is 73.8 Å². The molecule has 4 rings (SSSR count). The van der Waals surface area contributed by atoms with Gasteiger partial charge in [0.15, 0.2) is 0 Å². The molecule has 0 aliphatic carbocycles. The number of amides is 2. The first-order valence-electron chi connectivity index (χ1n) is 13.4. The monoisotopic (exact) mass is 536 g/mol. The summed E-state index contributed by atoms with van der Waals surface area (Å²) in [6.07, 6.45) is 1.90. The van der Waals surface area contributed by atoms with Crippen molar-refractivity contribution in [3.05, 3.63) is 89.7 Å². The fourth-order valence-electron chi connectivity index (χ4n) is 4.45. The minimum atomic E-state index is -0.630. The van der Waals surface area contributed by atoms with Gasteiger partial charge in [0.25, 0.3) is 0 Å². The van der Waals surface area contributed by atoms with Gasteiger partial charge in [-0.1, -0.05) is 30.3 Å². The number of carbonyl (C=O) groups excluding carboxylic acids is 1. The highest BCUT2D eigenvalue weighted by atomic mass is 19.1. The maximum atomic E-state index is 13.8. The molecule has 1 aliphatic rings. The maximum absolute atomic E-state index is 13.8. The van der Waals surface area contributed by atoms with Crippen LogP contribution in [0.15, 0.2) is 72.8 Å². The fourth-order valence-corrected chi connectivity index (χ4v) is 4.45. The van der Waals surface area contributed by atoms with Crippen molar-refractivity contribution in [1.29, 1.82) is 0 Å². The van der Waals surface area contributed by atoms with Crippen LogP contribution in [0.5, 0.6) is 11.5 Å². The quantitative estimate of drug-likeness (QED) is 0.225. The molecule has 39 heavy (non-hydrogen) atoms. The Balaban J connectivity index is 1.09. The second-order valence-corrected chi connectivity index (χ2v) is 9.77. The Labute approximate surface area is 228 Å². The zero-order valence-corrected chi connectivity index (χ0v) is 22.0. The summed E-state index contributed by atoms with van der Waals surface area (Å²) in [5.41, 5.74) is 2.73. The van der Waals surface area contributed by atoms with Crippen molar-refractivity contribution in [1.82, 2.24) is 15.5 Å². The molecule has 9 heteroatoms. The number of ether oxygens (including phenoxy) is 1. The number of phenols is 1. The summed E-state index contributed by atoms with van der Waals surface area (Å²) in [6, 6.07) is 21.3. The molecule has 8 nitrogen and oxygen atoms in total. The molecule has 3 aromatic rings. The van der Waals surface area contributed by atoms with Crippen LogP contribution in [0.25, 0.3) is 0 Å². The van der Waals surface area contributed by atoms with Crippen molar-refractivity contribution in [2.75, 3.05) is 38.1 Å². The molecular weight excluding hydrogens is 499 g/mol. The molecule has 1 saturated heterocycles. The normalized spacial score (nSPS) is 14.6. The number of aromatic hydroxyl groups is 1. The average Bonchev–Trinajstić information content (AvgIpc) is 2.96. The lowest BCUT2D eigenvalue weighted by molar-refractivity contribution is 0.106. The Kier molecular flexibility index (Phi) is 10.4. The van der Waals surface area contributed by atoms with Crippen molar-refractivity contribution in [3.8, 4) is 11.5 Å². The van der Waals surface area contributed by atoms with Gasteiger partial charge in [-0.25, -0.2) is 9.18 Å². The van der Waals surface area contributed by atoms with Crippen molar-refractivity contribution in [3.63, 3.8) is 0 Å². The number of likely N-dealkylation sites (tertiary alicyclic amines) is 1. The van der Waals surface area contributed by atoms with Gasteiger partial charge in [-0.15, -0.1) is 0 Å². The average molecular weight is 537 g/mol. The number of anilines is 1. The zero-order valence-electron chi connectivity index (χ0n) is 22.0. The molecule has 0 bridgehead atoms. The summed E-state index contributed by atoms with van der Waals surface area (Å²) in [4.78, 5) is 14.3. The molecular formula is C30H37FN4O4. The number of nitrogens with one attached hydrogen (secondary N) is 3. The number of benzene rings is 3. The van der Waals surface area contributed by atoms with E-state index in [1.165, 1.54) is 11.6 Å². The van der Waals surface area contributed by atoms with E-state index in [1.54, 1.807) is 47.4 Å². The minimum Gasteiger partial charge on any atom is -0.508 e. The third-order valence-electron chi connectivity index (χ3n) is 6.74. The third-order valence-corrected chi connectivity index (χ3v) is 6.74. The van der Waals surface area contributed by atoms with E-state index in [4.69, 9.17) is 4.74 Å². The highest BCUT2D eigenvalue weighted by molar-refractivity contribution is 5.74. The van der Waals surface area contributed by atoms with Gasteiger partial charge in [0.2, 0.25) is 0 Å². The fraction of sp³-hybridized carbons (Fsp3) is 0.367. The lowest BCUT2D eigenvalue weighted by Crippen LogP contribution is -2.46. The number of phenolic OH excluding ortho intramolecular Hbond substituents is 1. The summed E-state index contributed by atoms with van der Waals surface area (Å²) in [6.45, 7) is 2.82. The van der Waals surface area contributed by atoms with Gasteiger partial charge >= 0.3 is 6.03 Å². The molecule has 5 N–H and O–H groups in total. The van der Waals surface area contributed by atoms with Crippen LogP contribution >= 0.6 is 0 Å². The van der Waals surface area contributed by atoms with Crippen molar-refractivity contribution in [2.45, 2.75) is 38.0 Å². The van der Waals surface area contributed by atoms with Crippen LogP contribution in [0, 0.1) is 5.82 Å². The molecule has 0 unspecified atom stereocenters. The smallest absolute Gasteiger partial charge is 0.317 e. The number of hydrogen-bond donors (Lipinski definition) is 5. The Morgan fingerprint density at radius 1 is 1.03 bits per heavy atom. The van der Waals surface area contributed by atoms with E-state index in [0.29, 0.717) is 37.0 Å². The predicted octanol–water partition coefficient (Wildman–Crippen LogP) is 3.89. The van der Waals surface area contributed by atoms with Crippen LogP contribution in [0.2, 0.25) is 0 Å². The number of urea groups is 1. The Morgan fingerprint density at radius 3 is 2.46 bits per heavy atom. The summed E-state index contributed by atoms with van der Waals surface area (Å²) >= 11 is 0. The molecule has 1 fully saturated rings. The molecule has 0 saturated carbocycles. The van der Waals surface area contributed by atoms with Crippen LogP contribution < -0.4 is 20.7 Å². The van der Waals surface area contributed by atoms with E-state index in [-0.39, 0.29) is 30.7 Å². The number of hydrogen-bond acceptors (Lipinski definition) is 6. The predicted molar refractivity (Wildman–Crippen MR) is 149 cm³/mol. The standard InChI is InChI=1S/C30H37FN4O4/c31-29-4-2-1-3-23(29)19-33-30(38)35-17-14-25(15-18-35)34-24-7-5-22(6-8-24)13-16-32-20-27(37)21-39-28-11-9-26(36)10-12-28/h1-12,25,27,32,34,36-37H,13-21H2,(H,33,38)/t27-/m0/s1. The summed E-state index contributed by atoms with van der Waals surface area (Å²) < 4.78 is 19.3. The first kappa shape index (κ1) is 28.2. The lowest BCUT2D eigenvalue weighted by atomic mass is 10.0. The lowest BCUT2D eigenvalue weighted by Gasteiger charge is -2.33. The first-order valence-corrected chi connectivity index (χ1v) is 13.4. The zero-order chi connectivity index (χ0) is 27.5. The van der Waals surface area contributed by atoms with Crippen molar-refractivity contribution >= 4 is 11.7 Å². The van der Waals surface area contributed by atoms with E-state index in [1.807, 2.05) is 0 Å². The Hall–Kier alpha value is -3.82.